The molecule has 0 saturated carbocycles. The van der Waals surface area contributed by atoms with Gasteiger partial charge >= 0.3 is 0 Å². The molecule has 0 spiro atoms. The molecule has 1 fully saturated rings. The molecule has 0 amide bonds. The molecule has 2 heterocycles. The first-order chi connectivity index (χ1) is 9.61. The van der Waals surface area contributed by atoms with E-state index in [0.717, 1.165) is 0 Å². The largest absolute Gasteiger partial charge is 0.486 e. The van der Waals surface area contributed by atoms with Crippen molar-refractivity contribution in [2.75, 3.05) is 32.9 Å². The van der Waals surface area contributed by atoms with Crippen LogP contribution >= 0.6 is 0 Å². The second kappa shape index (κ2) is 5.23. The van der Waals surface area contributed by atoms with Gasteiger partial charge in [0.2, 0.25) is 10.0 Å². The Morgan fingerprint density at radius 2 is 2.00 bits per heavy atom. The topological polar surface area (TPSA) is 76.1 Å². The zero-order valence-corrected chi connectivity index (χ0v) is 11.8. The quantitative estimate of drug-likeness (QED) is 0.877. The van der Waals surface area contributed by atoms with Gasteiger partial charge in [-0.05, 0) is 24.5 Å². The molecular weight excluding hydrogens is 282 g/mol. The zero-order valence-electron chi connectivity index (χ0n) is 11.0. The molecule has 1 N–H and O–H groups in total. The highest BCUT2D eigenvalue weighted by atomic mass is 32.2. The molecule has 3 rings (SSSR count). The zero-order chi connectivity index (χ0) is 14.2. The lowest BCUT2D eigenvalue weighted by molar-refractivity contribution is 0.171. The SMILES string of the molecule is O=S(=O)(c1ccc2c(c1)OCCO2)N1CCC(CO)C1. The van der Waals surface area contributed by atoms with E-state index in [4.69, 9.17) is 14.6 Å². The maximum Gasteiger partial charge on any atom is 0.243 e. The van der Waals surface area contributed by atoms with Crippen LogP contribution in [0.5, 0.6) is 11.5 Å². The van der Waals surface area contributed by atoms with Gasteiger partial charge in [0.15, 0.2) is 11.5 Å². The second-order valence-electron chi connectivity index (χ2n) is 5.01. The normalized spacial score (nSPS) is 22.9. The minimum Gasteiger partial charge on any atom is -0.486 e. The fourth-order valence-corrected chi connectivity index (χ4v) is 4.04. The number of aliphatic hydroxyl groups is 1. The Hall–Kier alpha value is -1.31. The number of fused-ring (bicyclic) bond motifs is 1. The summed E-state index contributed by atoms with van der Waals surface area (Å²) in [5, 5.41) is 9.12. The summed E-state index contributed by atoms with van der Waals surface area (Å²) in [5.74, 6) is 1.07. The summed E-state index contributed by atoms with van der Waals surface area (Å²) in [6.07, 6.45) is 0.695. The van der Waals surface area contributed by atoms with Crippen molar-refractivity contribution >= 4 is 10.0 Å². The molecular formula is C13H17NO5S. The molecule has 0 radical (unpaired) electrons. The van der Waals surface area contributed by atoms with E-state index in [9.17, 15) is 8.42 Å². The average molecular weight is 299 g/mol. The highest BCUT2D eigenvalue weighted by Crippen LogP contribution is 2.34. The minimum absolute atomic E-state index is 0.0210. The first kappa shape index (κ1) is 13.7. The van der Waals surface area contributed by atoms with Crippen LogP contribution in [-0.4, -0.2) is 50.7 Å². The third-order valence-corrected chi connectivity index (χ3v) is 5.52. The van der Waals surface area contributed by atoms with Crippen molar-refractivity contribution < 1.29 is 23.0 Å². The molecule has 1 aromatic carbocycles. The number of ether oxygens (including phenoxy) is 2. The molecule has 2 aliphatic heterocycles. The monoisotopic (exact) mass is 299 g/mol. The molecule has 7 heteroatoms. The van der Waals surface area contributed by atoms with Crippen molar-refractivity contribution in [1.29, 1.82) is 0 Å². The van der Waals surface area contributed by atoms with E-state index in [1.807, 2.05) is 0 Å². The molecule has 1 unspecified atom stereocenters. The third-order valence-electron chi connectivity index (χ3n) is 3.66. The number of sulfonamides is 1. The summed E-state index contributed by atoms with van der Waals surface area (Å²) in [4.78, 5) is 0.209. The van der Waals surface area contributed by atoms with Crippen molar-refractivity contribution in [1.82, 2.24) is 4.31 Å². The van der Waals surface area contributed by atoms with Crippen LogP contribution < -0.4 is 9.47 Å². The summed E-state index contributed by atoms with van der Waals surface area (Å²) in [5.41, 5.74) is 0. The average Bonchev–Trinajstić information content (AvgIpc) is 2.96. The standard InChI is InChI=1S/C13H17NO5S/c15-9-10-3-4-14(8-10)20(16,17)11-1-2-12-13(7-11)19-6-5-18-12/h1-2,7,10,15H,3-6,8-9H2. The Morgan fingerprint density at radius 1 is 1.25 bits per heavy atom. The number of benzene rings is 1. The Balaban J connectivity index is 1.88. The van der Waals surface area contributed by atoms with Gasteiger partial charge in [0.05, 0.1) is 4.90 Å². The molecule has 0 bridgehead atoms. The van der Waals surface area contributed by atoms with Crippen molar-refractivity contribution in [3.8, 4) is 11.5 Å². The van der Waals surface area contributed by atoms with E-state index in [2.05, 4.69) is 0 Å². The lowest BCUT2D eigenvalue weighted by Gasteiger charge is -2.21. The third kappa shape index (κ3) is 2.36. The van der Waals surface area contributed by atoms with Crippen molar-refractivity contribution in [3.05, 3.63) is 18.2 Å². The van der Waals surface area contributed by atoms with Gasteiger partial charge in [-0.2, -0.15) is 4.31 Å². The summed E-state index contributed by atoms with van der Waals surface area (Å²) in [7, 11) is -3.53. The van der Waals surface area contributed by atoms with Crippen LogP contribution in [0.1, 0.15) is 6.42 Å². The fourth-order valence-electron chi connectivity index (χ4n) is 2.50. The van der Waals surface area contributed by atoms with Gasteiger partial charge in [0.25, 0.3) is 0 Å². The molecule has 1 saturated heterocycles. The predicted octanol–water partition coefficient (Wildman–Crippen LogP) is 0.461. The van der Waals surface area contributed by atoms with E-state index in [1.54, 1.807) is 6.07 Å². The van der Waals surface area contributed by atoms with Gasteiger partial charge in [-0.3, -0.25) is 0 Å². The second-order valence-corrected chi connectivity index (χ2v) is 6.94. The van der Waals surface area contributed by atoms with Crippen LogP contribution in [0.3, 0.4) is 0 Å². The Kier molecular flexibility index (Phi) is 3.57. The van der Waals surface area contributed by atoms with Gasteiger partial charge in [0, 0.05) is 25.8 Å². The number of hydrogen-bond donors (Lipinski definition) is 1. The van der Waals surface area contributed by atoms with Crippen molar-refractivity contribution in [2.45, 2.75) is 11.3 Å². The molecule has 0 aromatic heterocycles. The number of aliphatic hydroxyl groups excluding tert-OH is 1. The summed E-state index contributed by atoms with van der Waals surface area (Å²) in [6, 6.07) is 4.67. The van der Waals surface area contributed by atoms with Crippen LogP contribution in [-0.2, 0) is 10.0 Å². The number of rotatable bonds is 3. The van der Waals surface area contributed by atoms with E-state index >= 15 is 0 Å². The molecule has 6 nitrogen and oxygen atoms in total. The number of nitrogens with zero attached hydrogens (tertiary/aromatic N) is 1. The van der Waals surface area contributed by atoms with Gasteiger partial charge in [-0.1, -0.05) is 0 Å². The van der Waals surface area contributed by atoms with E-state index in [0.29, 0.717) is 44.2 Å². The number of hydrogen-bond acceptors (Lipinski definition) is 5. The highest BCUT2D eigenvalue weighted by molar-refractivity contribution is 7.89. The summed E-state index contributed by atoms with van der Waals surface area (Å²) in [6.45, 7) is 1.73. The maximum absolute atomic E-state index is 12.5. The lowest BCUT2D eigenvalue weighted by Crippen LogP contribution is -2.29. The van der Waals surface area contributed by atoms with E-state index < -0.39 is 10.0 Å². The molecule has 0 aliphatic carbocycles. The molecule has 20 heavy (non-hydrogen) atoms. The smallest absolute Gasteiger partial charge is 0.243 e. The minimum atomic E-state index is -3.53. The Labute approximate surface area is 118 Å². The van der Waals surface area contributed by atoms with Crippen LogP contribution in [0.25, 0.3) is 0 Å². The first-order valence-electron chi connectivity index (χ1n) is 6.62. The van der Waals surface area contributed by atoms with Gasteiger partial charge < -0.3 is 14.6 Å². The van der Waals surface area contributed by atoms with Gasteiger partial charge in [-0.25, -0.2) is 8.42 Å². The Bertz CT molecular complexity index is 601. The molecule has 2 aliphatic rings. The summed E-state index contributed by atoms with van der Waals surface area (Å²) < 4.78 is 37.3. The van der Waals surface area contributed by atoms with Crippen LogP contribution in [0.4, 0.5) is 0 Å². The van der Waals surface area contributed by atoms with Crippen LogP contribution in [0.15, 0.2) is 23.1 Å². The maximum atomic E-state index is 12.5. The predicted molar refractivity (Wildman–Crippen MR) is 71.4 cm³/mol. The van der Waals surface area contributed by atoms with E-state index in [1.165, 1.54) is 16.4 Å². The van der Waals surface area contributed by atoms with Gasteiger partial charge in [-0.15, -0.1) is 0 Å². The van der Waals surface area contributed by atoms with Crippen LogP contribution in [0, 0.1) is 5.92 Å². The highest BCUT2D eigenvalue weighted by Gasteiger charge is 2.32. The first-order valence-corrected chi connectivity index (χ1v) is 8.06. The van der Waals surface area contributed by atoms with Crippen molar-refractivity contribution in [3.63, 3.8) is 0 Å². The van der Waals surface area contributed by atoms with Crippen LogP contribution in [0.2, 0.25) is 0 Å². The van der Waals surface area contributed by atoms with E-state index in [-0.39, 0.29) is 17.4 Å². The molecule has 1 atom stereocenters. The fraction of sp³-hybridized carbons (Fsp3) is 0.538. The van der Waals surface area contributed by atoms with Gasteiger partial charge in [0.1, 0.15) is 13.2 Å². The molecule has 1 aromatic rings. The Morgan fingerprint density at radius 3 is 2.70 bits per heavy atom. The summed E-state index contributed by atoms with van der Waals surface area (Å²) >= 11 is 0. The van der Waals surface area contributed by atoms with Crippen molar-refractivity contribution in [2.24, 2.45) is 5.92 Å². The lowest BCUT2D eigenvalue weighted by atomic mass is 10.1. The molecule has 110 valence electrons.